The number of rotatable bonds is 2. The molecule has 1 fully saturated rings. The van der Waals surface area contributed by atoms with Gasteiger partial charge in [0.1, 0.15) is 11.5 Å². The number of ether oxygens (including phenoxy) is 1. The van der Waals surface area contributed by atoms with E-state index in [9.17, 15) is 9.18 Å². The van der Waals surface area contributed by atoms with E-state index in [1.54, 1.807) is 41.4 Å². The zero-order valence-electron chi connectivity index (χ0n) is 11.4. The molecule has 1 unspecified atom stereocenters. The number of halogens is 1. The SMILES string of the molecule is O=C(c1ccccn1)N1CCOCC1c1ccc(F)cc1. The van der Waals surface area contributed by atoms with Gasteiger partial charge in [0.25, 0.3) is 5.91 Å². The van der Waals surface area contributed by atoms with E-state index >= 15 is 0 Å². The molecular weight excluding hydrogens is 271 g/mol. The maximum absolute atomic E-state index is 13.1. The van der Waals surface area contributed by atoms with Crippen LogP contribution in [0, 0.1) is 5.82 Å². The van der Waals surface area contributed by atoms with Crippen molar-refractivity contribution in [2.75, 3.05) is 19.8 Å². The second-order valence-corrected chi connectivity index (χ2v) is 4.86. The summed E-state index contributed by atoms with van der Waals surface area (Å²) in [5, 5.41) is 0. The van der Waals surface area contributed by atoms with Gasteiger partial charge in [-0.15, -0.1) is 0 Å². The smallest absolute Gasteiger partial charge is 0.273 e. The van der Waals surface area contributed by atoms with Gasteiger partial charge in [0.15, 0.2) is 0 Å². The quantitative estimate of drug-likeness (QED) is 0.851. The zero-order valence-corrected chi connectivity index (χ0v) is 11.4. The van der Waals surface area contributed by atoms with Crippen molar-refractivity contribution in [3.63, 3.8) is 0 Å². The van der Waals surface area contributed by atoms with Crippen molar-refractivity contribution >= 4 is 5.91 Å². The molecule has 3 rings (SSSR count). The molecule has 4 nitrogen and oxygen atoms in total. The molecule has 1 aromatic heterocycles. The fourth-order valence-electron chi connectivity index (χ4n) is 2.44. The van der Waals surface area contributed by atoms with Crippen molar-refractivity contribution in [2.24, 2.45) is 0 Å². The van der Waals surface area contributed by atoms with Crippen molar-refractivity contribution < 1.29 is 13.9 Å². The molecule has 1 amide bonds. The third-order valence-corrected chi connectivity index (χ3v) is 3.53. The van der Waals surface area contributed by atoms with E-state index in [4.69, 9.17) is 4.74 Å². The first-order valence-electron chi connectivity index (χ1n) is 6.81. The van der Waals surface area contributed by atoms with Crippen LogP contribution in [0.3, 0.4) is 0 Å². The van der Waals surface area contributed by atoms with Crippen molar-refractivity contribution in [3.05, 3.63) is 65.7 Å². The lowest BCUT2D eigenvalue weighted by Crippen LogP contribution is -2.43. The number of carbonyl (C=O) groups excluding carboxylic acids is 1. The first-order chi connectivity index (χ1) is 10.3. The molecule has 0 radical (unpaired) electrons. The Bertz CT molecular complexity index is 616. The van der Waals surface area contributed by atoms with Crippen molar-refractivity contribution in [1.29, 1.82) is 0 Å². The van der Waals surface area contributed by atoms with Gasteiger partial charge >= 0.3 is 0 Å². The van der Waals surface area contributed by atoms with Gasteiger partial charge in [0.05, 0.1) is 19.3 Å². The highest BCUT2D eigenvalue weighted by molar-refractivity contribution is 5.92. The lowest BCUT2D eigenvalue weighted by Gasteiger charge is -2.35. The molecular formula is C16H15FN2O2. The van der Waals surface area contributed by atoms with Gasteiger partial charge < -0.3 is 9.64 Å². The average molecular weight is 286 g/mol. The predicted octanol–water partition coefficient (Wildman–Crippen LogP) is 2.43. The Morgan fingerprint density at radius 3 is 2.76 bits per heavy atom. The van der Waals surface area contributed by atoms with Gasteiger partial charge in [-0.05, 0) is 29.8 Å². The van der Waals surface area contributed by atoms with Crippen molar-refractivity contribution in [3.8, 4) is 0 Å². The minimum atomic E-state index is -0.293. The van der Waals surface area contributed by atoms with Gasteiger partial charge in [0.2, 0.25) is 0 Å². The van der Waals surface area contributed by atoms with Crippen molar-refractivity contribution in [2.45, 2.75) is 6.04 Å². The summed E-state index contributed by atoms with van der Waals surface area (Å²) in [5.41, 5.74) is 1.27. The van der Waals surface area contributed by atoms with Crippen LogP contribution in [0.5, 0.6) is 0 Å². The maximum atomic E-state index is 13.1. The number of hydrogen-bond acceptors (Lipinski definition) is 3. The molecule has 0 saturated carbocycles. The minimum Gasteiger partial charge on any atom is -0.377 e. The van der Waals surface area contributed by atoms with Gasteiger partial charge in [-0.3, -0.25) is 9.78 Å². The topological polar surface area (TPSA) is 42.4 Å². The summed E-state index contributed by atoms with van der Waals surface area (Å²) in [6, 6.07) is 11.2. The van der Waals surface area contributed by atoms with Gasteiger partial charge in [-0.25, -0.2) is 4.39 Å². The van der Waals surface area contributed by atoms with Crippen LogP contribution in [0.15, 0.2) is 48.7 Å². The molecule has 1 aliphatic heterocycles. The number of nitrogens with zero attached hydrogens (tertiary/aromatic N) is 2. The summed E-state index contributed by atoms with van der Waals surface area (Å²) in [5.74, 6) is -0.425. The highest BCUT2D eigenvalue weighted by Crippen LogP contribution is 2.25. The molecule has 2 aromatic rings. The predicted molar refractivity (Wildman–Crippen MR) is 75.2 cm³/mol. The Labute approximate surface area is 122 Å². The fourth-order valence-corrected chi connectivity index (χ4v) is 2.44. The largest absolute Gasteiger partial charge is 0.377 e. The molecule has 108 valence electrons. The second kappa shape index (κ2) is 6.01. The standard InChI is InChI=1S/C16H15FN2O2/c17-13-6-4-12(5-7-13)15-11-21-10-9-19(15)16(20)14-3-1-2-8-18-14/h1-8,15H,9-11H2. The van der Waals surface area contributed by atoms with Gasteiger partial charge in [-0.2, -0.15) is 0 Å². The molecule has 0 N–H and O–H groups in total. The second-order valence-electron chi connectivity index (χ2n) is 4.86. The molecule has 0 bridgehead atoms. The van der Waals surface area contributed by atoms with Crippen molar-refractivity contribution in [1.82, 2.24) is 9.88 Å². The summed E-state index contributed by atoms with van der Waals surface area (Å²) >= 11 is 0. The van der Waals surface area contributed by atoms with Crippen LogP contribution in [-0.4, -0.2) is 35.5 Å². The molecule has 21 heavy (non-hydrogen) atoms. The number of amides is 1. The van der Waals surface area contributed by atoms with Crippen LogP contribution in [0.1, 0.15) is 22.1 Å². The van der Waals surface area contributed by atoms with E-state index in [1.165, 1.54) is 12.1 Å². The number of aromatic nitrogens is 1. The highest BCUT2D eigenvalue weighted by Gasteiger charge is 2.29. The van der Waals surface area contributed by atoms with E-state index in [2.05, 4.69) is 4.98 Å². The molecule has 5 heteroatoms. The molecule has 2 heterocycles. The van der Waals surface area contributed by atoms with Gasteiger partial charge in [-0.1, -0.05) is 18.2 Å². The maximum Gasteiger partial charge on any atom is 0.273 e. The van der Waals surface area contributed by atoms with Crippen LogP contribution in [0.4, 0.5) is 4.39 Å². The average Bonchev–Trinajstić information content (AvgIpc) is 2.56. The number of morpholine rings is 1. The normalized spacial score (nSPS) is 18.5. The molecule has 0 aliphatic carbocycles. The Morgan fingerprint density at radius 1 is 1.24 bits per heavy atom. The van der Waals surface area contributed by atoms with E-state index < -0.39 is 0 Å². The number of carbonyl (C=O) groups is 1. The lowest BCUT2D eigenvalue weighted by molar-refractivity contribution is -0.00302. The number of hydrogen-bond donors (Lipinski definition) is 0. The van der Waals surface area contributed by atoms with E-state index in [0.717, 1.165) is 5.56 Å². The number of pyridine rings is 1. The molecule has 1 aromatic carbocycles. The first kappa shape index (κ1) is 13.7. The summed E-state index contributed by atoms with van der Waals surface area (Å²) in [7, 11) is 0. The Balaban J connectivity index is 1.88. The summed E-state index contributed by atoms with van der Waals surface area (Å²) in [6.45, 7) is 1.40. The van der Waals surface area contributed by atoms with Crippen LogP contribution < -0.4 is 0 Å². The summed E-state index contributed by atoms with van der Waals surface area (Å²) < 4.78 is 18.5. The van der Waals surface area contributed by atoms with E-state index in [-0.39, 0.29) is 17.8 Å². The molecule has 1 saturated heterocycles. The third kappa shape index (κ3) is 2.92. The lowest BCUT2D eigenvalue weighted by atomic mass is 10.0. The van der Waals surface area contributed by atoms with Crippen LogP contribution in [0.25, 0.3) is 0 Å². The molecule has 1 aliphatic rings. The third-order valence-electron chi connectivity index (χ3n) is 3.53. The Morgan fingerprint density at radius 2 is 2.05 bits per heavy atom. The van der Waals surface area contributed by atoms with E-state index in [0.29, 0.717) is 25.5 Å². The van der Waals surface area contributed by atoms with E-state index in [1.807, 2.05) is 0 Å². The van der Waals surface area contributed by atoms with Crippen LogP contribution in [-0.2, 0) is 4.74 Å². The fraction of sp³-hybridized carbons (Fsp3) is 0.250. The monoisotopic (exact) mass is 286 g/mol. The molecule has 1 atom stereocenters. The number of benzene rings is 1. The zero-order chi connectivity index (χ0) is 14.7. The Hall–Kier alpha value is -2.27. The molecule has 0 spiro atoms. The minimum absolute atomic E-state index is 0.131. The Kier molecular flexibility index (Phi) is 3.92. The summed E-state index contributed by atoms with van der Waals surface area (Å²) in [6.07, 6.45) is 1.60. The van der Waals surface area contributed by atoms with Crippen LogP contribution >= 0.6 is 0 Å². The summed E-state index contributed by atoms with van der Waals surface area (Å²) in [4.78, 5) is 18.4. The highest BCUT2D eigenvalue weighted by atomic mass is 19.1. The van der Waals surface area contributed by atoms with Crippen LogP contribution in [0.2, 0.25) is 0 Å². The first-order valence-corrected chi connectivity index (χ1v) is 6.81. The van der Waals surface area contributed by atoms with Gasteiger partial charge in [0, 0.05) is 12.7 Å².